The van der Waals surface area contributed by atoms with Crippen molar-refractivity contribution in [1.82, 2.24) is 25.3 Å². The Morgan fingerprint density at radius 2 is 2.43 bits per heavy atom. The summed E-state index contributed by atoms with van der Waals surface area (Å²) in [5.74, 6) is -0.907. The lowest BCUT2D eigenvalue weighted by atomic mass is 10.5. The Labute approximate surface area is 77.1 Å². The molecule has 14 heavy (non-hydrogen) atoms. The van der Waals surface area contributed by atoms with E-state index in [2.05, 4.69) is 20.6 Å². The van der Waals surface area contributed by atoms with Gasteiger partial charge in [-0.15, -0.1) is 14.8 Å². The molecule has 0 aromatic carbocycles. The van der Waals surface area contributed by atoms with Crippen molar-refractivity contribution in [1.29, 1.82) is 0 Å². The van der Waals surface area contributed by atoms with E-state index in [9.17, 15) is 4.79 Å². The van der Waals surface area contributed by atoms with Gasteiger partial charge < -0.3 is 9.84 Å². The summed E-state index contributed by atoms with van der Waals surface area (Å²) in [5, 5.41) is 22.7. The summed E-state index contributed by atoms with van der Waals surface area (Å²) in [6.45, 7) is -0.444. The molecule has 0 aliphatic rings. The molecular weight excluding hydrogens is 190 g/mol. The molecule has 2 aromatic rings. The van der Waals surface area contributed by atoms with Gasteiger partial charge in [-0.05, 0) is 16.5 Å². The highest BCUT2D eigenvalue weighted by molar-refractivity contribution is 5.68. The van der Waals surface area contributed by atoms with Gasteiger partial charge >= 0.3 is 5.97 Å². The minimum Gasteiger partial charge on any atom is -0.479 e. The highest BCUT2D eigenvalue weighted by Gasteiger charge is 2.03. The van der Waals surface area contributed by atoms with E-state index < -0.39 is 12.6 Å². The SMILES string of the molecule is O=C(O)COc1ccc2nnnn2n1. The summed E-state index contributed by atoms with van der Waals surface area (Å²) in [6, 6.07) is 3.07. The van der Waals surface area contributed by atoms with Crippen LogP contribution in [0.15, 0.2) is 12.1 Å². The quantitative estimate of drug-likeness (QED) is 0.668. The Balaban J connectivity index is 2.21. The summed E-state index contributed by atoms with van der Waals surface area (Å²) >= 11 is 0. The highest BCUT2D eigenvalue weighted by Crippen LogP contribution is 2.05. The first kappa shape index (κ1) is 8.35. The molecule has 0 fully saturated rings. The van der Waals surface area contributed by atoms with E-state index in [1.165, 1.54) is 6.07 Å². The molecule has 2 aromatic heterocycles. The largest absolute Gasteiger partial charge is 0.479 e. The zero-order chi connectivity index (χ0) is 9.97. The van der Waals surface area contributed by atoms with Crippen molar-refractivity contribution in [3.8, 4) is 5.88 Å². The minimum absolute atomic E-state index is 0.159. The fourth-order valence-electron chi connectivity index (χ4n) is 0.846. The number of carbonyl (C=O) groups is 1. The first-order valence-corrected chi connectivity index (χ1v) is 3.66. The van der Waals surface area contributed by atoms with Crippen LogP contribution in [0.5, 0.6) is 5.88 Å². The second-order valence-corrected chi connectivity index (χ2v) is 2.38. The highest BCUT2D eigenvalue weighted by atomic mass is 16.5. The van der Waals surface area contributed by atoms with E-state index >= 15 is 0 Å². The van der Waals surface area contributed by atoms with Crippen molar-refractivity contribution in [2.75, 3.05) is 6.61 Å². The fourth-order valence-corrected chi connectivity index (χ4v) is 0.846. The number of tetrazole rings is 1. The average Bonchev–Trinajstić information content (AvgIpc) is 2.61. The van der Waals surface area contributed by atoms with Gasteiger partial charge in [0.2, 0.25) is 5.88 Å². The monoisotopic (exact) mass is 195 g/mol. The summed E-state index contributed by atoms with van der Waals surface area (Å²) in [4.78, 5) is 10.2. The minimum atomic E-state index is -1.07. The molecule has 0 radical (unpaired) electrons. The van der Waals surface area contributed by atoms with Crippen molar-refractivity contribution < 1.29 is 14.6 Å². The standard InChI is InChI=1S/C6H5N5O3/c12-6(13)3-14-5-2-1-4-7-9-10-11(4)8-5/h1-2H,3H2,(H,12,13). The van der Waals surface area contributed by atoms with Crippen molar-refractivity contribution >= 4 is 11.6 Å². The van der Waals surface area contributed by atoms with Gasteiger partial charge in [0.1, 0.15) is 0 Å². The summed E-state index contributed by atoms with van der Waals surface area (Å²) < 4.78 is 5.97. The number of aliphatic carboxylic acids is 1. The van der Waals surface area contributed by atoms with Crippen molar-refractivity contribution in [2.45, 2.75) is 0 Å². The van der Waals surface area contributed by atoms with Crippen LogP contribution in [0.1, 0.15) is 0 Å². The van der Waals surface area contributed by atoms with Crippen LogP contribution in [0.2, 0.25) is 0 Å². The third kappa shape index (κ3) is 1.58. The number of nitrogens with zero attached hydrogens (tertiary/aromatic N) is 5. The topological polar surface area (TPSA) is 102 Å². The second-order valence-electron chi connectivity index (χ2n) is 2.38. The van der Waals surface area contributed by atoms with E-state index in [0.717, 1.165) is 4.63 Å². The molecule has 0 amide bonds. The molecule has 2 rings (SSSR count). The van der Waals surface area contributed by atoms with Crippen LogP contribution in [0.25, 0.3) is 5.65 Å². The van der Waals surface area contributed by atoms with Gasteiger partial charge in [-0.1, -0.05) is 0 Å². The third-order valence-electron chi connectivity index (χ3n) is 1.39. The molecule has 8 nitrogen and oxygen atoms in total. The van der Waals surface area contributed by atoms with Gasteiger partial charge in [-0.25, -0.2) is 4.79 Å². The van der Waals surface area contributed by atoms with E-state index in [-0.39, 0.29) is 5.88 Å². The number of rotatable bonds is 3. The molecule has 0 aliphatic carbocycles. The Morgan fingerprint density at radius 1 is 1.57 bits per heavy atom. The smallest absolute Gasteiger partial charge is 0.341 e. The van der Waals surface area contributed by atoms with Gasteiger partial charge in [0.05, 0.1) is 0 Å². The molecule has 1 N–H and O–H groups in total. The summed E-state index contributed by atoms with van der Waals surface area (Å²) in [5.41, 5.74) is 0.465. The molecule has 0 spiro atoms. The lowest BCUT2D eigenvalue weighted by molar-refractivity contribution is -0.139. The molecule has 0 unspecified atom stereocenters. The van der Waals surface area contributed by atoms with Crippen LogP contribution >= 0.6 is 0 Å². The number of hydrogen-bond donors (Lipinski definition) is 1. The van der Waals surface area contributed by atoms with E-state index in [4.69, 9.17) is 9.84 Å². The molecule has 0 aliphatic heterocycles. The maximum atomic E-state index is 10.2. The van der Waals surface area contributed by atoms with Crippen LogP contribution in [0.4, 0.5) is 0 Å². The van der Waals surface area contributed by atoms with Crippen LogP contribution in [0, 0.1) is 0 Å². The van der Waals surface area contributed by atoms with Gasteiger partial charge in [0.15, 0.2) is 12.3 Å². The third-order valence-corrected chi connectivity index (χ3v) is 1.39. The molecule has 0 saturated carbocycles. The normalized spacial score (nSPS) is 10.3. The van der Waals surface area contributed by atoms with Crippen LogP contribution < -0.4 is 4.74 Å². The molecular formula is C6H5N5O3. The molecule has 2 heterocycles. The predicted octanol–water partition coefficient (Wildman–Crippen LogP) is -1.02. The second kappa shape index (κ2) is 3.24. The number of fused-ring (bicyclic) bond motifs is 1. The van der Waals surface area contributed by atoms with Crippen LogP contribution in [0.3, 0.4) is 0 Å². The van der Waals surface area contributed by atoms with E-state index in [1.807, 2.05) is 0 Å². The zero-order valence-corrected chi connectivity index (χ0v) is 6.86. The van der Waals surface area contributed by atoms with Gasteiger partial charge in [0, 0.05) is 6.07 Å². The summed E-state index contributed by atoms with van der Waals surface area (Å²) in [7, 11) is 0. The fraction of sp³-hybridized carbons (Fsp3) is 0.167. The first-order valence-electron chi connectivity index (χ1n) is 3.66. The molecule has 0 atom stereocenters. The van der Waals surface area contributed by atoms with E-state index in [0.29, 0.717) is 5.65 Å². The van der Waals surface area contributed by atoms with Crippen molar-refractivity contribution in [3.63, 3.8) is 0 Å². The average molecular weight is 195 g/mol. The number of aromatic nitrogens is 5. The Morgan fingerprint density at radius 3 is 3.21 bits per heavy atom. The molecule has 0 bridgehead atoms. The van der Waals surface area contributed by atoms with Crippen LogP contribution in [-0.2, 0) is 4.79 Å². The molecule has 72 valence electrons. The summed E-state index contributed by atoms with van der Waals surface area (Å²) in [6.07, 6.45) is 0. The Bertz CT molecular complexity index is 467. The maximum Gasteiger partial charge on any atom is 0.341 e. The van der Waals surface area contributed by atoms with Crippen molar-refractivity contribution in [3.05, 3.63) is 12.1 Å². The van der Waals surface area contributed by atoms with Crippen LogP contribution in [-0.4, -0.2) is 42.9 Å². The van der Waals surface area contributed by atoms with Gasteiger partial charge in [-0.3, -0.25) is 0 Å². The Hall–Kier alpha value is -2.25. The molecule has 0 saturated heterocycles. The predicted molar refractivity (Wildman–Crippen MR) is 41.7 cm³/mol. The van der Waals surface area contributed by atoms with Gasteiger partial charge in [0.25, 0.3) is 0 Å². The lowest BCUT2D eigenvalue weighted by Crippen LogP contribution is -2.11. The maximum absolute atomic E-state index is 10.2. The number of hydrogen-bond acceptors (Lipinski definition) is 6. The first-order chi connectivity index (χ1) is 6.75. The number of ether oxygens (including phenoxy) is 1. The molecule has 8 heteroatoms. The van der Waals surface area contributed by atoms with E-state index in [1.54, 1.807) is 6.07 Å². The Kier molecular flexibility index (Phi) is 1.94. The van der Waals surface area contributed by atoms with Crippen molar-refractivity contribution in [2.24, 2.45) is 0 Å². The van der Waals surface area contributed by atoms with Gasteiger partial charge in [-0.2, -0.15) is 0 Å². The number of carboxylic acid groups (broad SMARTS) is 1. The number of carboxylic acids is 1. The zero-order valence-electron chi connectivity index (χ0n) is 6.86. The lowest BCUT2D eigenvalue weighted by Gasteiger charge is -1.99.